The van der Waals surface area contributed by atoms with Gasteiger partial charge in [-0.2, -0.15) is 0 Å². The number of hydrogen-bond acceptors (Lipinski definition) is 2. The molecule has 1 amide bonds. The number of hydrogen-bond donors (Lipinski definition) is 1. The summed E-state index contributed by atoms with van der Waals surface area (Å²) in [6, 6.07) is 21.5. The summed E-state index contributed by atoms with van der Waals surface area (Å²) in [5, 5.41) is 5.22. The van der Waals surface area contributed by atoms with Crippen LogP contribution in [-0.2, 0) is 11.2 Å². The molecule has 1 N–H and O–H groups in total. The summed E-state index contributed by atoms with van der Waals surface area (Å²) >= 11 is 0. The van der Waals surface area contributed by atoms with E-state index in [1.807, 2.05) is 60.7 Å². The molecule has 0 aliphatic heterocycles. The minimum atomic E-state index is -0.0274. The van der Waals surface area contributed by atoms with Crippen LogP contribution in [0.2, 0.25) is 0 Å². The second-order valence-corrected chi connectivity index (χ2v) is 5.13. The molecule has 0 fully saturated rings. The van der Waals surface area contributed by atoms with Crippen molar-refractivity contribution in [2.75, 3.05) is 12.4 Å². The molecule has 3 nitrogen and oxygen atoms in total. The predicted molar refractivity (Wildman–Crippen MR) is 89.3 cm³/mol. The molecule has 0 heterocycles. The number of nitrogens with one attached hydrogen (secondary N) is 1. The van der Waals surface area contributed by atoms with Crippen molar-refractivity contribution in [2.24, 2.45) is 0 Å². The summed E-state index contributed by atoms with van der Waals surface area (Å²) in [6.45, 7) is 0. The molecule has 22 heavy (non-hydrogen) atoms. The number of carbonyl (C=O) groups is 1. The standard InChI is InChI=1S/C19H17NO2/c1-22-18-10-6-14(7-11-18)12-19(21)20-17-9-8-15-4-2-3-5-16(15)13-17/h2-11,13H,12H2,1H3,(H,20,21). The van der Waals surface area contributed by atoms with Crippen LogP contribution in [0.5, 0.6) is 5.75 Å². The van der Waals surface area contributed by atoms with E-state index in [-0.39, 0.29) is 5.91 Å². The first-order valence-corrected chi connectivity index (χ1v) is 7.16. The number of ether oxygens (including phenoxy) is 1. The Bertz CT molecular complexity index is 794. The number of methoxy groups -OCH3 is 1. The highest BCUT2D eigenvalue weighted by molar-refractivity contribution is 5.95. The Morgan fingerprint density at radius 3 is 2.41 bits per heavy atom. The molecule has 0 radical (unpaired) electrons. The van der Waals surface area contributed by atoms with Crippen LogP contribution in [0, 0.1) is 0 Å². The van der Waals surface area contributed by atoms with Gasteiger partial charge in [0.25, 0.3) is 0 Å². The van der Waals surface area contributed by atoms with Gasteiger partial charge in [-0.25, -0.2) is 0 Å². The maximum Gasteiger partial charge on any atom is 0.228 e. The predicted octanol–water partition coefficient (Wildman–Crippen LogP) is 4.03. The third-order valence-corrected chi connectivity index (χ3v) is 3.56. The van der Waals surface area contributed by atoms with Crippen LogP contribution in [0.1, 0.15) is 5.56 Å². The summed E-state index contributed by atoms with van der Waals surface area (Å²) in [7, 11) is 1.63. The van der Waals surface area contributed by atoms with Crippen molar-refractivity contribution in [3.8, 4) is 5.75 Å². The quantitative estimate of drug-likeness (QED) is 0.788. The Kier molecular flexibility index (Phi) is 4.05. The lowest BCUT2D eigenvalue weighted by Crippen LogP contribution is -2.14. The van der Waals surface area contributed by atoms with Crippen LogP contribution in [-0.4, -0.2) is 13.0 Å². The molecule has 110 valence electrons. The largest absolute Gasteiger partial charge is 0.497 e. The van der Waals surface area contributed by atoms with Crippen LogP contribution in [0.3, 0.4) is 0 Å². The molecule has 0 aliphatic rings. The first kappa shape index (κ1) is 14.1. The van der Waals surface area contributed by atoms with Crippen molar-refractivity contribution < 1.29 is 9.53 Å². The fourth-order valence-corrected chi connectivity index (χ4v) is 2.40. The zero-order valence-corrected chi connectivity index (χ0v) is 12.4. The van der Waals surface area contributed by atoms with Gasteiger partial charge in [0.05, 0.1) is 13.5 Å². The van der Waals surface area contributed by atoms with E-state index in [0.717, 1.165) is 27.8 Å². The lowest BCUT2D eigenvalue weighted by molar-refractivity contribution is -0.115. The summed E-state index contributed by atoms with van der Waals surface area (Å²) in [5.41, 5.74) is 1.77. The Hall–Kier alpha value is -2.81. The van der Waals surface area contributed by atoms with E-state index in [0.29, 0.717) is 6.42 Å². The molecule has 0 spiro atoms. The van der Waals surface area contributed by atoms with Crippen LogP contribution < -0.4 is 10.1 Å². The van der Waals surface area contributed by atoms with Gasteiger partial charge in [-0.15, -0.1) is 0 Å². The molecule has 0 saturated heterocycles. The second kappa shape index (κ2) is 6.31. The highest BCUT2D eigenvalue weighted by Gasteiger charge is 2.05. The number of anilines is 1. The Labute approximate surface area is 129 Å². The summed E-state index contributed by atoms with van der Waals surface area (Å²) in [5.74, 6) is 0.763. The number of rotatable bonds is 4. The maximum absolute atomic E-state index is 12.1. The van der Waals surface area contributed by atoms with Gasteiger partial charge in [-0.1, -0.05) is 42.5 Å². The molecule has 0 unspecified atom stereocenters. The average molecular weight is 291 g/mol. The molecule has 0 aliphatic carbocycles. The number of carbonyl (C=O) groups excluding carboxylic acids is 1. The van der Waals surface area contributed by atoms with Crippen molar-refractivity contribution in [1.82, 2.24) is 0 Å². The molecule has 0 saturated carbocycles. The summed E-state index contributed by atoms with van der Waals surface area (Å²) < 4.78 is 5.11. The van der Waals surface area contributed by atoms with Gasteiger partial charge < -0.3 is 10.1 Å². The molecular weight excluding hydrogens is 274 g/mol. The van der Waals surface area contributed by atoms with Gasteiger partial charge in [0, 0.05) is 5.69 Å². The molecule has 0 bridgehead atoms. The monoisotopic (exact) mass is 291 g/mol. The fraction of sp³-hybridized carbons (Fsp3) is 0.105. The second-order valence-electron chi connectivity index (χ2n) is 5.13. The van der Waals surface area contributed by atoms with Crippen molar-refractivity contribution in [3.63, 3.8) is 0 Å². The van der Waals surface area contributed by atoms with E-state index in [4.69, 9.17) is 4.74 Å². The molecule has 0 atom stereocenters. The Morgan fingerprint density at radius 1 is 0.955 bits per heavy atom. The van der Waals surface area contributed by atoms with E-state index in [9.17, 15) is 4.79 Å². The highest BCUT2D eigenvalue weighted by atomic mass is 16.5. The molecule has 3 heteroatoms. The maximum atomic E-state index is 12.1. The fourth-order valence-electron chi connectivity index (χ4n) is 2.40. The lowest BCUT2D eigenvalue weighted by Gasteiger charge is -2.07. The zero-order chi connectivity index (χ0) is 15.4. The van der Waals surface area contributed by atoms with E-state index < -0.39 is 0 Å². The van der Waals surface area contributed by atoms with Gasteiger partial charge in [0.15, 0.2) is 0 Å². The van der Waals surface area contributed by atoms with E-state index in [1.165, 1.54) is 0 Å². The number of benzene rings is 3. The average Bonchev–Trinajstić information content (AvgIpc) is 2.55. The van der Waals surface area contributed by atoms with Crippen LogP contribution >= 0.6 is 0 Å². The zero-order valence-electron chi connectivity index (χ0n) is 12.4. The third kappa shape index (κ3) is 3.26. The van der Waals surface area contributed by atoms with Crippen molar-refractivity contribution in [3.05, 3.63) is 72.3 Å². The molecular formula is C19H17NO2. The van der Waals surface area contributed by atoms with Gasteiger partial charge in [-0.3, -0.25) is 4.79 Å². The summed E-state index contributed by atoms with van der Waals surface area (Å²) in [4.78, 5) is 12.1. The number of fused-ring (bicyclic) bond motifs is 1. The molecule has 0 aromatic heterocycles. The molecule has 3 aromatic rings. The summed E-state index contributed by atoms with van der Waals surface area (Å²) in [6.07, 6.45) is 0.344. The first-order valence-electron chi connectivity index (χ1n) is 7.16. The van der Waals surface area contributed by atoms with Gasteiger partial charge in [-0.05, 0) is 40.6 Å². The van der Waals surface area contributed by atoms with Crippen LogP contribution in [0.15, 0.2) is 66.7 Å². The topological polar surface area (TPSA) is 38.3 Å². The van der Waals surface area contributed by atoms with E-state index >= 15 is 0 Å². The third-order valence-electron chi connectivity index (χ3n) is 3.56. The van der Waals surface area contributed by atoms with Gasteiger partial charge >= 0.3 is 0 Å². The smallest absolute Gasteiger partial charge is 0.228 e. The Balaban J connectivity index is 1.69. The normalized spacial score (nSPS) is 10.4. The minimum Gasteiger partial charge on any atom is -0.497 e. The van der Waals surface area contributed by atoms with Crippen molar-refractivity contribution in [1.29, 1.82) is 0 Å². The first-order chi connectivity index (χ1) is 10.7. The lowest BCUT2D eigenvalue weighted by atomic mass is 10.1. The molecule has 3 aromatic carbocycles. The van der Waals surface area contributed by atoms with E-state index in [2.05, 4.69) is 11.4 Å². The van der Waals surface area contributed by atoms with Crippen LogP contribution in [0.25, 0.3) is 10.8 Å². The van der Waals surface area contributed by atoms with E-state index in [1.54, 1.807) is 7.11 Å². The SMILES string of the molecule is COc1ccc(CC(=O)Nc2ccc3ccccc3c2)cc1. The highest BCUT2D eigenvalue weighted by Crippen LogP contribution is 2.19. The Morgan fingerprint density at radius 2 is 1.68 bits per heavy atom. The van der Waals surface area contributed by atoms with Gasteiger partial charge in [0.1, 0.15) is 5.75 Å². The van der Waals surface area contributed by atoms with Crippen LogP contribution in [0.4, 0.5) is 5.69 Å². The molecule has 3 rings (SSSR count). The van der Waals surface area contributed by atoms with Gasteiger partial charge in [0.2, 0.25) is 5.91 Å². The minimum absolute atomic E-state index is 0.0274. The van der Waals surface area contributed by atoms with Crippen molar-refractivity contribution >= 4 is 22.4 Å². The number of amides is 1. The van der Waals surface area contributed by atoms with Crippen molar-refractivity contribution in [2.45, 2.75) is 6.42 Å².